The first-order valence-corrected chi connectivity index (χ1v) is 12.3. The molecular weight excluding hydrogens is 368 g/mol. The Kier molecular flexibility index (Phi) is 11.7. The molecule has 30 heavy (non-hydrogen) atoms. The molecule has 2 rings (SSSR count). The summed E-state index contributed by atoms with van der Waals surface area (Å²) in [5, 5.41) is 2.43. The second kappa shape index (κ2) is 14.3. The summed E-state index contributed by atoms with van der Waals surface area (Å²) in [5.74, 6) is 3.57. The van der Waals surface area contributed by atoms with Crippen molar-refractivity contribution >= 4 is 10.8 Å². The molecule has 2 aromatic carbocycles. The van der Waals surface area contributed by atoms with Crippen LogP contribution in [0.25, 0.3) is 10.8 Å². The average molecular weight is 413 g/mol. The van der Waals surface area contributed by atoms with Crippen molar-refractivity contribution in [1.29, 1.82) is 0 Å². The first-order valence-electron chi connectivity index (χ1n) is 12.3. The van der Waals surface area contributed by atoms with Gasteiger partial charge >= 0.3 is 0 Å². The van der Waals surface area contributed by atoms with Crippen LogP contribution in [-0.2, 0) is 0 Å². The smallest absolute Gasteiger partial charge is 0.119 e. The van der Waals surface area contributed by atoms with Crippen LogP contribution < -0.4 is 9.47 Å². The Labute approximate surface area is 185 Å². The highest BCUT2D eigenvalue weighted by atomic mass is 16.5. The zero-order valence-electron chi connectivity index (χ0n) is 19.9. The van der Waals surface area contributed by atoms with Gasteiger partial charge in [0, 0.05) is 0 Å². The van der Waals surface area contributed by atoms with Gasteiger partial charge in [0.1, 0.15) is 11.5 Å². The van der Waals surface area contributed by atoms with Gasteiger partial charge in [-0.15, -0.1) is 0 Å². The summed E-state index contributed by atoms with van der Waals surface area (Å²) in [4.78, 5) is 0. The summed E-state index contributed by atoms with van der Waals surface area (Å²) in [5.41, 5.74) is 0. The summed E-state index contributed by atoms with van der Waals surface area (Å²) in [7, 11) is 0. The van der Waals surface area contributed by atoms with Gasteiger partial charge < -0.3 is 9.47 Å². The number of hydrogen-bond donors (Lipinski definition) is 0. The summed E-state index contributed by atoms with van der Waals surface area (Å²) < 4.78 is 12.0. The standard InChI is InChI=1S/C28H44O2/c1-23(2)13-9-5-7-11-19-29-27-17-15-25-16-18-28(22-26(25)21-27)30-20-12-8-6-10-14-24(3)4/h15-18,21-24H,5-14,19-20H2,1-4H3. The molecule has 0 fully saturated rings. The molecule has 0 aliphatic heterocycles. The van der Waals surface area contributed by atoms with Gasteiger partial charge in [-0.05, 0) is 59.7 Å². The number of fused-ring (bicyclic) bond motifs is 1. The van der Waals surface area contributed by atoms with E-state index in [2.05, 4.69) is 64.1 Å². The van der Waals surface area contributed by atoms with E-state index in [1.807, 2.05) is 0 Å². The molecule has 0 aromatic heterocycles. The lowest BCUT2D eigenvalue weighted by Crippen LogP contribution is -1.98. The highest BCUT2D eigenvalue weighted by Gasteiger charge is 2.02. The summed E-state index contributed by atoms with van der Waals surface area (Å²) in [6.45, 7) is 10.8. The molecule has 0 N–H and O–H groups in total. The fraction of sp³-hybridized carbons (Fsp3) is 0.643. The lowest BCUT2D eigenvalue weighted by molar-refractivity contribution is 0.303. The topological polar surface area (TPSA) is 18.5 Å². The van der Waals surface area contributed by atoms with E-state index in [0.717, 1.165) is 49.4 Å². The van der Waals surface area contributed by atoms with Crippen LogP contribution in [-0.4, -0.2) is 13.2 Å². The van der Waals surface area contributed by atoms with E-state index in [9.17, 15) is 0 Å². The van der Waals surface area contributed by atoms with Gasteiger partial charge in [0.15, 0.2) is 0 Å². The van der Waals surface area contributed by atoms with Crippen LogP contribution in [0.15, 0.2) is 36.4 Å². The van der Waals surface area contributed by atoms with Crippen molar-refractivity contribution in [2.45, 2.75) is 91.9 Å². The van der Waals surface area contributed by atoms with E-state index >= 15 is 0 Å². The Morgan fingerprint density at radius 2 is 0.967 bits per heavy atom. The first-order chi connectivity index (χ1) is 14.5. The van der Waals surface area contributed by atoms with Crippen LogP contribution in [0.2, 0.25) is 0 Å². The van der Waals surface area contributed by atoms with Crippen LogP contribution in [0, 0.1) is 11.8 Å². The Morgan fingerprint density at radius 3 is 1.40 bits per heavy atom. The second-order valence-corrected chi connectivity index (χ2v) is 9.56. The first kappa shape index (κ1) is 24.6. The minimum absolute atomic E-state index is 0.806. The van der Waals surface area contributed by atoms with Crippen molar-refractivity contribution in [2.75, 3.05) is 13.2 Å². The Hall–Kier alpha value is -1.70. The Bertz CT molecular complexity index is 648. The van der Waals surface area contributed by atoms with Crippen molar-refractivity contribution in [3.63, 3.8) is 0 Å². The van der Waals surface area contributed by atoms with Gasteiger partial charge in [-0.3, -0.25) is 0 Å². The molecule has 2 aromatic rings. The number of hydrogen-bond acceptors (Lipinski definition) is 2. The number of benzene rings is 2. The summed E-state index contributed by atoms with van der Waals surface area (Å²) >= 11 is 0. The fourth-order valence-corrected chi connectivity index (χ4v) is 3.78. The molecule has 0 aliphatic rings. The van der Waals surface area contributed by atoms with E-state index in [1.54, 1.807) is 0 Å². The van der Waals surface area contributed by atoms with Crippen molar-refractivity contribution in [1.82, 2.24) is 0 Å². The van der Waals surface area contributed by atoms with E-state index in [0.29, 0.717) is 0 Å². The van der Waals surface area contributed by atoms with Crippen LogP contribution in [0.5, 0.6) is 11.5 Å². The molecule has 0 bridgehead atoms. The molecular formula is C28H44O2. The monoisotopic (exact) mass is 412 g/mol. The Morgan fingerprint density at radius 1 is 0.533 bits per heavy atom. The third kappa shape index (κ3) is 10.4. The van der Waals surface area contributed by atoms with Gasteiger partial charge in [0.25, 0.3) is 0 Å². The van der Waals surface area contributed by atoms with Gasteiger partial charge in [-0.2, -0.15) is 0 Å². The summed E-state index contributed by atoms with van der Waals surface area (Å²) in [6, 6.07) is 12.7. The van der Waals surface area contributed by atoms with Crippen LogP contribution in [0.3, 0.4) is 0 Å². The molecule has 0 aliphatic carbocycles. The third-order valence-electron chi connectivity index (χ3n) is 5.67. The number of unbranched alkanes of at least 4 members (excludes halogenated alkanes) is 6. The molecule has 0 saturated carbocycles. The van der Waals surface area contributed by atoms with Crippen molar-refractivity contribution < 1.29 is 9.47 Å². The molecule has 2 heteroatoms. The zero-order valence-corrected chi connectivity index (χ0v) is 19.9. The predicted octanol–water partition coefficient (Wildman–Crippen LogP) is 8.81. The molecule has 0 heterocycles. The van der Waals surface area contributed by atoms with Crippen molar-refractivity contribution in [3.8, 4) is 11.5 Å². The van der Waals surface area contributed by atoms with Crippen LogP contribution >= 0.6 is 0 Å². The highest BCUT2D eigenvalue weighted by molar-refractivity contribution is 5.85. The van der Waals surface area contributed by atoms with E-state index in [1.165, 1.54) is 62.1 Å². The van der Waals surface area contributed by atoms with Crippen molar-refractivity contribution in [2.24, 2.45) is 11.8 Å². The fourth-order valence-electron chi connectivity index (χ4n) is 3.78. The van der Waals surface area contributed by atoms with E-state index in [4.69, 9.17) is 9.47 Å². The minimum atomic E-state index is 0.806. The normalized spacial score (nSPS) is 11.5. The lowest BCUT2D eigenvalue weighted by atomic mass is 10.0. The SMILES string of the molecule is CC(C)CCCCCCOc1ccc2ccc(OCCCCCCC(C)C)cc2c1. The molecule has 0 amide bonds. The minimum Gasteiger partial charge on any atom is -0.494 e. The molecule has 0 spiro atoms. The largest absolute Gasteiger partial charge is 0.494 e. The van der Waals surface area contributed by atoms with Gasteiger partial charge in [-0.25, -0.2) is 0 Å². The molecule has 168 valence electrons. The second-order valence-electron chi connectivity index (χ2n) is 9.56. The maximum atomic E-state index is 5.99. The Balaban J connectivity index is 1.69. The molecule has 0 unspecified atom stereocenters. The lowest BCUT2D eigenvalue weighted by Gasteiger charge is -2.10. The summed E-state index contributed by atoms with van der Waals surface area (Å²) in [6.07, 6.45) is 12.8. The van der Waals surface area contributed by atoms with Crippen LogP contribution in [0.4, 0.5) is 0 Å². The molecule has 0 saturated heterocycles. The maximum absolute atomic E-state index is 5.99. The maximum Gasteiger partial charge on any atom is 0.119 e. The van der Waals surface area contributed by atoms with Crippen LogP contribution in [0.1, 0.15) is 91.9 Å². The van der Waals surface area contributed by atoms with Gasteiger partial charge in [-0.1, -0.05) is 91.2 Å². The number of rotatable bonds is 16. The third-order valence-corrected chi connectivity index (χ3v) is 5.67. The highest BCUT2D eigenvalue weighted by Crippen LogP contribution is 2.25. The quantitative estimate of drug-likeness (QED) is 0.256. The van der Waals surface area contributed by atoms with Gasteiger partial charge in [0.05, 0.1) is 13.2 Å². The molecule has 0 radical (unpaired) electrons. The number of ether oxygens (including phenoxy) is 2. The molecule has 2 nitrogen and oxygen atoms in total. The van der Waals surface area contributed by atoms with Crippen molar-refractivity contribution in [3.05, 3.63) is 36.4 Å². The average Bonchev–Trinajstić information content (AvgIpc) is 2.71. The zero-order chi connectivity index (χ0) is 21.6. The molecule has 0 atom stereocenters. The predicted molar refractivity (Wildman–Crippen MR) is 131 cm³/mol. The van der Waals surface area contributed by atoms with E-state index in [-0.39, 0.29) is 0 Å². The van der Waals surface area contributed by atoms with E-state index < -0.39 is 0 Å². The van der Waals surface area contributed by atoms with Gasteiger partial charge in [0.2, 0.25) is 0 Å².